The van der Waals surface area contributed by atoms with E-state index in [2.05, 4.69) is 13.8 Å². The van der Waals surface area contributed by atoms with Gasteiger partial charge in [-0.25, -0.2) is 0 Å². The fourth-order valence-electron chi connectivity index (χ4n) is 6.30. The lowest BCUT2D eigenvalue weighted by Gasteiger charge is -2.56. The van der Waals surface area contributed by atoms with E-state index in [1.807, 2.05) is 6.08 Å². The summed E-state index contributed by atoms with van der Waals surface area (Å²) in [7, 11) is 0. The van der Waals surface area contributed by atoms with Gasteiger partial charge >= 0.3 is 0 Å². The van der Waals surface area contributed by atoms with E-state index in [1.165, 1.54) is 0 Å². The van der Waals surface area contributed by atoms with Gasteiger partial charge in [-0.1, -0.05) is 13.8 Å². The predicted molar refractivity (Wildman–Crippen MR) is 83.1 cm³/mol. The molecule has 0 aromatic heterocycles. The van der Waals surface area contributed by atoms with Crippen LogP contribution in [0.2, 0.25) is 0 Å². The Morgan fingerprint density at radius 1 is 1.05 bits per heavy atom. The minimum absolute atomic E-state index is 0.0772. The van der Waals surface area contributed by atoms with Crippen LogP contribution in [0.4, 0.5) is 0 Å². The standard InChI is InChI=1S/C19H26O3/c1-18-7-5-11(20)9-15(18)16(21)10-12-13-3-4-17(22)19(13,2)8-6-14(12)18/h9,11-14,20H,3-8,10H2,1-2H3. The van der Waals surface area contributed by atoms with Crippen LogP contribution >= 0.6 is 0 Å². The number of rotatable bonds is 0. The zero-order valence-corrected chi connectivity index (χ0v) is 13.6. The Morgan fingerprint density at radius 3 is 2.50 bits per heavy atom. The molecule has 1 N–H and O–H groups in total. The van der Waals surface area contributed by atoms with E-state index in [9.17, 15) is 14.7 Å². The molecule has 0 amide bonds. The van der Waals surface area contributed by atoms with Crippen LogP contribution in [0.5, 0.6) is 0 Å². The minimum Gasteiger partial charge on any atom is -0.389 e. The highest BCUT2D eigenvalue weighted by molar-refractivity contribution is 5.98. The third-order valence-electron chi connectivity index (χ3n) is 7.62. The molecule has 4 aliphatic rings. The van der Waals surface area contributed by atoms with Gasteiger partial charge in [-0.15, -0.1) is 0 Å². The van der Waals surface area contributed by atoms with Gasteiger partial charge in [0.25, 0.3) is 0 Å². The topological polar surface area (TPSA) is 54.4 Å². The lowest BCUT2D eigenvalue weighted by atomic mass is 9.47. The summed E-state index contributed by atoms with van der Waals surface area (Å²) in [4.78, 5) is 25.1. The fourth-order valence-corrected chi connectivity index (χ4v) is 6.30. The molecule has 0 radical (unpaired) electrons. The Morgan fingerprint density at radius 2 is 1.73 bits per heavy atom. The Bertz CT molecular complexity index is 577. The second kappa shape index (κ2) is 4.53. The summed E-state index contributed by atoms with van der Waals surface area (Å²) in [5.74, 6) is 1.93. The van der Waals surface area contributed by atoms with Crippen molar-refractivity contribution in [1.29, 1.82) is 0 Å². The molecule has 0 spiro atoms. The van der Waals surface area contributed by atoms with Crippen molar-refractivity contribution in [3.63, 3.8) is 0 Å². The van der Waals surface area contributed by atoms with Gasteiger partial charge in [0.2, 0.25) is 0 Å². The number of aliphatic hydroxyl groups is 1. The van der Waals surface area contributed by atoms with Gasteiger partial charge < -0.3 is 5.11 Å². The summed E-state index contributed by atoms with van der Waals surface area (Å²) in [5, 5.41) is 9.93. The highest BCUT2D eigenvalue weighted by Gasteiger charge is 2.60. The van der Waals surface area contributed by atoms with Crippen molar-refractivity contribution < 1.29 is 14.7 Å². The minimum atomic E-state index is -0.453. The quantitative estimate of drug-likeness (QED) is 0.748. The molecular formula is C19H26O3. The maximum absolute atomic E-state index is 12.7. The summed E-state index contributed by atoms with van der Waals surface area (Å²) >= 11 is 0. The van der Waals surface area contributed by atoms with Gasteiger partial charge in [0, 0.05) is 18.3 Å². The van der Waals surface area contributed by atoms with Gasteiger partial charge in [0.05, 0.1) is 6.10 Å². The third-order valence-corrected chi connectivity index (χ3v) is 7.62. The van der Waals surface area contributed by atoms with Gasteiger partial charge in [-0.05, 0) is 66.9 Å². The predicted octanol–water partition coefficient (Wildman–Crippen LogP) is 3.06. The van der Waals surface area contributed by atoms with Crippen LogP contribution in [0.15, 0.2) is 11.6 Å². The Hall–Kier alpha value is -0.960. The number of carbonyl (C=O) groups excluding carboxylic acids is 2. The summed E-state index contributed by atoms with van der Waals surface area (Å²) in [5.41, 5.74) is 0.639. The van der Waals surface area contributed by atoms with Crippen molar-refractivity contribution in [3.05, 3.63) is 11.6 Å². The van der Waals surface area contributed by atoms with Crippen molar-refractivity contribution in [1.82, 2.24) is 0 Å². The van der Waals surface area contributed by atoms with E-state index >= 15 is 0 Å². The van der Waals surface area contributed by atoms with Crippen molar-refractivity contribution in [2.75, 3.05) is 0 Å². The maximum atomic E-state index is 12.7. The first-order valence-corrected chi connectivity index (χ1v) is 8.83. The van der Waals surface area contributed by atoms with Crippen LogP contribution in [0.1, 0.15) is 58.8 Å². The number of fused-ring (bicyclic) bond motifs is 5. The number of hydrogen-bond acceptors (Lipinski definition) is 3. The smallest absolute Gasteiger partial charge is 0.159 e. The van der Waals surface area contributed by atoms with Crippen LogP contribution < -0.4 is 0 Å². The van der Waals surface area contributed by atoms with Gasteiger partial charge in [-0.2, -0.15) is 0 Å². The molecule has 0 aromatic rings. The number of carbonyl (C=O) groups is 2. The van der Waals surface area contributed by atoms with E-state index in [-0.39, 0.29) is 16.6 Å². The van der Waals surface area contributed by atoms with E-state index in [0.29, 0.717) is 36.4 Å². The molecule has 0 aromatic carbocycles. The molecule has 0 bridgehead atoms. The molecule has 4 rings (SSSR count). The van der Waals surface area contributed by atoms with E-state index in [4.69, 9.17) is 0 Å². The van der Waals surface area contributed by atoms with Crippen molar-refractivity contribution >= 4 is 11.6 Å². The van der Waals surface area contributed by atoms with E-state index in [0.717, 1.165) is 37.7 Å². The largest absolute Gasteiger partial charge is 0.389 e. The van der Waals surface area contributed by atoms with Crippen LogP contribution in [0.25, 0.3) is 0 Å². The monoisotopic (exact) mass is 302 g/mol. The van der Waals surface area contributed by atoms with Gasteiger partial charge in [0.15, 0.2) is 5.78 Å². The Labute approximate surface area is 132 Å². The second-order valence-electron chi connectivity index (χ2n) is 8.53. The van der Waals surface area contributed by atoms with Gasteiger partial charge in [0.1, 0.15) is 5.78 Å². The first kappa shape index (κ1) is 14.6. The summed E-state index contributed by atoms with van der Waals surface area (Å²) < 4.78 is 0. The molecule has 6 unspecified atom stereocenters. The Kier molecular flexibility index (Phi) is 3.01. The molecule has 3 nitrogen and oxygen atoms in total. The Balaban J connectivity index is 1.75. The van der Waals surface area contributed by atoms with Crippen LogP contribution in [0, 0.1) is 28.6 Å². The van der Waals surface area contributed by atoms with Crippen molar-refractivity contribution in [3.8, 4) is 0 Å². The highest BCUT2D eigenvalue weighted by Crippen LogP contribution is 2.63. The van der Waals surface area contributed by atoms with Gasteiger partial charge in [-0.3, -0.25) is 9.59 Å². The summed E-state index contributed by atoms with van der Waals surface area (Å²) in [6, 6.07) is 0. The second-order valence-corrected chi connectivity index (χ2v) is 8.53. The summed E-state index contributed by atoms with van der Waals surface area (Å²) in [6.45, 7) is 4.38. The molecule has 3 fully saturated rings. The van der Waals surface area contributed by atoms with Crippen LogP contribution in [-0.4, -0.2) is 22.8 Å². The highest BCUT2D eigenvalue weighted by atomic mass is 16.3. The SMILES string of the molecule is CC12CCC3C(CC(=O)C4=CC(O)CCC43C)C1CCC2=O. The average Bonchev–Trinajstić information content (AvgIpc) is 2.77. The third kappa shape index (κ3) is 1.72. The summed E-state index contributed by atoms with van der Waals surface area (Å²) in [6.07, 6.45) is 7.35. The number of ketones is 2. The molecule has 3 saturated carbocycles. The molecular weight excluding hydrogens is 276 g/mol. The molecule has 4 aliphatic carbocycles. The molecule has 3 heteroatoms. The maximum Gasteiger partial charge on any atom is 0.159 e. The number of allylic oxidation sites excluding steroid dienone is 1. The number of Topliss-reactive ketones (excluding diaryl/α,β-unsaturated/α-hetero) is 2. The zero-order chi connectivity index (χ0) is 15.7. The van der Waals surface area contributed by atoms with Crippen LogP contribution in [0.3, 0.4) is 0 Å². The molecule has 0 heterocycles. The van der Waals surface area contributed by atoms with E-state index in [1.54, 1.807) is 0 Å². The molecule has 6 atom stereocenters. The fraction of sp³-hybridized carbons (Fsp3) is 0.789. The number of hydrogen-bond donors (Lipinski definition) is 1. The first-order valence-electron chi connectivity index (χ1n) is 8.83. The number of aliphatic hydroxyl groups excluding tert-OH is 1. The van der Waals surface area contributed by atoms with Crippen molar-refractivity contribution in [2.45, 2.75) is 64.9 Å². The lowest BCUT2D eigenvalue weighted by Crippen LogP contribution is -2.53. The van der Waals surface area contributed by atoms with Crippen molar-refractivity contribution in [2.24, 2.45) is 28.6 Å². The normalized spacial score (nSPS) is 51.0. The van der Waals surface area contributed by atoms with E-state index < -0.39 is 6.10 Å². The first-order chi connectivity index (χ1) is 10.4. The van der Waals surface area contributed by atoms with Crippen LogP contribution in [-0.2, 0) is 9.59 Å². The average molecular weight is 302 g/mol. The lowest BCUT2D eigenvalue weighted by molar-refractivity contribution is -0.137. The molecule has 120 valence electrons. The molecule has 0 saturated heterocycles. The molecule has 0 aliphatic heterocycles. The zero-order valence-electron chi connectivity index (χ0n) is 13.6. The molecule has 22 heavy (non-hydrogen) atoms.